The van der Waals surface area contributed by atoms with Gasteiger partial charge in [-0.05, 0) is 60.7 Å². The first-order chi connectivity index (χ1) is 11.1. The van der Waals surface area contributed by atoms with Crippen LogP contribution in [0.15, 0.2) is 53.9 Å². The Morgan fingerprint density at radius 1 is 1.04 bits per heavy atom. The summed E-state index contributed by atoms with van der Waals surface area (Å²) in [7, 11) is 0. The van der Waals surface area contributed by atoms with E-state index in [0.29, 0.717) is 10.6 Å². The van der Waals surface area contributed by atoms with E-state index in [-0.39, 0.29) is 5.78 Å². The van der Waals surface area contributed by atoms with Crippen molar-refractivity contribution in [2.24, 2.45) is 0 Å². The largest absolute Gasteiger partial charge is 0.355 e. The molecule has 0 saturated carbocycles. The lowest BCUT2D eigenvalue weighted by Crippen LogP contribution is -2.02. The number of thiophene rings is 1. The molecule has 3 aromatic rings. The zero-order valence-electron chi connectivity index (χ0n) is 12.9. The molecule has 0 spiro atoms. The first-order valence-electron chi connectivity index (χ1n) is 7.27. The van der Waals surface area contributed by atoms with E-state index in [9.17, 15) is 4.79 Å². The van der Waals surface area contributed by atoms with Gasteiger partial charge in [-0.25, -0.2) is 0 Å². The van der Waals surface area contributed by atoms with Crippen molar-refractivity contribution in [1.82, 2.24) is 0 Å². The summed E-state index contributed by atoms with van der Waals surface area (Å²) in [6.45, 7) is 3.98. The van der Waals surface area contributed by atoms with Gasteiger partial charge >= 0.3 is 0 Å². The number of carbonyl (C=O) groups excluding carboxylic acids is 1. The van der Waals surface area contributed by atoms with Gasteiger partial charge in [0.2, 0.25) is 5.78 Å². The normalized spacial score (nSPS) is 10.6. The maximum absolute atomic E-state index is 12.6. The van der Waals surface area contributed by atoms with Crippen LogP contribution in [0.25, 0.3) is 0 Å². The summed E-state index contributed by atoms with van der Waals surface area (Å²) < 4.78 is 0. The van der Waals surface area contributed by atoms with Gasteiger partial charge in [-0.15, -0.1) is 11.3 Å². The Morgan fingerprint density at radius 2 is 1.83 bits per heavy atom. The molecule has 2 nitrogen and oxygen atoms in total. The molecular formula is C19H16ClNOS. The van der Waals surface area contributed by atoms with Crippen molar-refractivity contribution in [1.29, 1.82) is 0 Å². The van der Waals surface area contributed by atoms with Crippen LogP contribution in [-0.2, 0) is 0 Å². The molecule has 0 aliphatic rings. The summed E-state index contributed by atoms with van der Waals surface area (Å²) in [5.74, 6) is -0.0232. The van der Waals surface area contributed by atoms with Crippen LogP contribution in [-0.4, -0.2) is 5.78 Å². The Labute approximate surface area is 144 Å². The Balaban J connectivity index is 1.88. The van der Waals surface area contributed by atoms with Crippen molar-refractivity contribution in [3.8, 4) is 0 Å². The van der Waals surface area contributed by atoms with Gasteiger partial charge in [-0.2, -0.15) is 0 Å². The molecule has 0 unspecified atom stereocenters. The maximum Gasteiger partial charge on any atom is 0.204 e. The fraction of sp³-hybridized carbons (Fsp3) is 0.105. The number of ketones is 1. The highest BCUT2D eigenvalue weighted by Gasteiger charge is 2.16. The SMILES string of the molecule is Cc1ccccc1Nc1ccc(C(=O)c2sccc2C)c(Cl)c1. The van der Waals surface area contributed by atoms with Crippen LogP contribution in [0.3, 0.4) is 0 Å². The number of carbonyl (C=O) groups is 1. The average molecular weight is 342 g/mol. The number of anilines is 2. The van der Waals surface area contributed by atoms with E-state index in [0.717, 1.165) is 27.4 Å². The Bertz CT molecular complexity index is 869. The molecule has 3 rings (SSSR count). The minimum absolute atomic E-state index is 0.0232. The van der Waals surface area contributed by atoms with Crippen molar-refractivity contribution in [3.63, 3.8) is 0 Å². The average Bonchev–Trinajstić information content (AvgIpc) is 2.95. The number of aryl methyl sites for hydroxylation is 2. The zero-order valence-corrected chi connectivity index (χ0v) is 14.5. The fourth-order valence-electron chi connectivity index (χ4n) is 2.37. The molecule has 0 radical (unpaired) electrons. The smallest absolute Gasteiger partial charge is 0.204 e. The van der Waals surface area contributed by atoms with Gasteiger partial charge in [0, 0.05) is 16.9 Å². The molecule has 1 aromatic heterocycles. The van der Waals surface area contributed by atoms with Crippen LogP contribution in [0.1, 0.15) is 26.4 Å². The van der Waals surface area contributed by atoms with Crippen molar-refractivity contribution < 1.29 is 4.79 Å². The van der Waals surface area contributed by atoms with Crippen LogP contribution in [0.2, 0.25) is 5.02 Å². The Hall–Kier alpha value is -2.10. The van der Waals surface area contributed by atoms with Gasteiger partial charge in [-0.1, -0.05) is 29.8 Å². The highest BCUT2D eigenvalue weighted by atomic mass is 35.5. The van der Waals surface area contributed by atoms with Crippen LogP contribution >= 0.6 is 22.9 Å². The molecule has 1 heterocycles. The number of nitrogens with one attached hydrogen (secondary N) is 1. The third-order valence-electron chi connectivity index (χ3n) is 3.71. The molecule has 0 bridgehead atoms. The van der Waals surface area contributed by atoms with Gasteiger partial charge in [0.15, 0.2) is 0 Å². The van der Waals surface area contributed by atoms with Crippen molar-refractivity contribution in [2.45, 2.75) is 13.8 Å². The molecule has 23 heavy (non-hydrogen) atoms. The molecule has 2 aromatic carbocycles. The van der Waals surface area contributed by atoms with Crippen LogP contribution in [0.5, 0.6) is 0 Å². The summed E-state index contributed by atoms with van der Waals surface area (Å²) in [6, 6.07) is 15.4. The van der Waals surface area contributed by atoms with Gasteiger partial charge in [0.1, 0.15) is 0 Å². The van der Waals surface area contributed by atoms with E-state index in [1.54, 1.807) is 12.1 Å². The predicted octanol–water partition coefficient (Wildman–Crippen LogP) is 5.99. The minimum atomic E-state index is -0.0232. The lowest BCUT2D eigenvalue weighted by molar-refractivity contribution is 0.104. The second-order valence-corrected chi connectivity index (χ2v) is 6.72. The molecule has 116 valence electrons. The second-order valence-electron chi connectivity index (χ2n) is 5.40. The first-order valence-corrected chi connectivity index (χ1v) is 8.53. The molecule has 0 atom stereocenters. The first kappa shape index (κ1) is 15.8. The van der Waals surface area contributed by atoms with Gasteiger partial charge in [0.25, 0.3) is 0 Å². The van der Waals surface area contributed by atoms with E-state index in [1.807, 2.05) is 55.6 Å². The highest BCUT2D eigenvalue weighted by molar-refractivity contribution is 7.12. The molecule has 0 saturated heterocycles. The zero-order chi connectivity index (χ0) is 16.4. The summed E-state index contributed by atoms with van der Waals surface area (Å²) in [4.78, 5) is 13.3. The van der Waals surface area contributed by atoms with E-state index in [1.165, 1.54) is 11.3 Å². The van der Waals surface area contributed by atoms with E-state index >= 15 is 0 Å². The van der Waals surface area contributed by atoms with Crippen molar-refractivity contribution in [2.75, 3.05) is 5.32 Å². The number of hydrogen-bond donors (Lipinski definition) is 1. The Morgan fingerprint density at radius 3 is 2.48 bits per heavy atom. The fourth-order valence-corrected chi connectivity index (χ4v) is 3.52. The molecule has 0 aliphatic heterocycles. The van der Waals surface area contributed by atoms with Crippen LogP contribution in [0.4, 0.5) is 11.4 Å². The maximum atomic E-state index is 12.6. The van der Waals surface area contributed by atoms with Crippen LogP contribution < -0.4 is 5.32 Å². The number of benzene rings is 2. The van der Waals surface area contributed by atoms with Gasteiger partial charge in [0.05, 0.1) is 9.90 Å². The van der Waals surface area contributed by atoms with Crippen molar-refractivity contribution in [3.05, 3.63) is 80.5 Å². The highest BCUT2D eigenvalue weighted by Crippen LogP contribution is 2.28. The van der Waals surface area contributed by atoms with Crippen LogP contribution in [0, 0.1) is 13.8 Å². The lowest BCUT2D eigenvalue weighted by atomic mass is 10.1. The molecule has 1 N–H and O–H groups in total. The monoisotopic (exact) mass is 341 g/mol. The molecule has 0 amide bonds. The standard InChI is InChI=1S/C19H16ClNOS/c1-12-5-3-4-6-17(12)21-14-7-8-15(16(20)11-14)18(22)19-13(2)9-10-23-19/h3-11,21H,1-2H3. The summed E-state index contributed by atoms with van der Waals surface area (Å²) in [5, 5.41) is 5.71. The topological polar surface area (TPSA) is 29.1 Å². The lowest BCUT2D eigenvalue weighted by Gasteiger charge is -2.11. The summed E-state index contributed by atoms with van der Waals surface area (Å²) in [5.41, 5.74) is 4.56. The number of hydrogen-bond acceptors (Lipinski definition) is 3. The number of halogens is 1. The minimum Gasteiger partial charge on any atom is -0.355 e. The second kappa shape index (κ2) is 6.57. The van der Waals surface area contributed by atoms with E-state index < -0.39 is 0 Å². The summed E-state index contributed by atoms with van der Waals surface area (Å²) >= 11 is 7.79. The quantitative estimate of drug-likeness (QED) is 0.590. The van der Waals surface area contributed by atoms with E-state index in [4.69, 9.17) is 11.6 Å². The molecule has 4 heteroatoms. The van der Waals surface area contributed by atoms with Gasteiger partial charge in [-0.3, -0.25) is 4.79 Å². The summed E-state index contributed by atoms with van der Waals surface area (Å²) in [6.07, 6.45) is 0. The van der Waals surface area contributed by atoms with Crippen molar-refractivity contribution >= 4 is 40.1 Å². The third-order valence-corrected chi connectivity index (χ3v) is 5.03. The number of rotatable bonds is 4. The Kier molecular flexibility index (Phi) is 4.51. The third kappa shape index (κ3) is 3.31. The van der Waals surface area contributed by atoms with E-state index in [2.05, 4.69) is 5.32 Å². The molecule has 0 aliphatic carbocycles. The molecule has 0 fully saturated rings. The predicted molar refractivity (Wildman–Crippen MR) is 98.4 cm³/mol. The number of para-hydroxylation sites is 1. The van der Waals surface area contributed by atoms with Gasteiger partial charge < -0.3 is 5.32 Å². The molecular weight excluding hydrogens is 326 g/mol.